The van der Waals surface area contributed by atoms with Gasteiger partial charge in [-0.3, -0.25) is 4.79 Å². The minimum absolute atomic E-state index is 0.639. The molecule has 0 spiro atoms. The van der Waals surface area contributed by atoms with Gasteiger partial charge in [-0.25, -0.2) is 0 Å². The smallest absolute Gasteiger partial charge is 0.142 e. The molecular formula is C8H10O. The Labute approximate surface area is 55.4 Å². The number of hydrogen-bond acceptors (Lipinski definition) is 1. The second-order valence-electron chi connectivity index (χ2n) is 1.46. The highest BCUT2D eigenvalue weighted by Crippen LogP contribution is 1.93. The summed E-state index contributed by atoms with van der Waals surface area (Å²) in [5.74, 6) is 0. The van der Waals surface area contributed by atoms with Gasteiger partial charge < -0.3 is 0 Å². The summed E-state index contributed by atoms with van der Waals surface area (Å²) in [4.78, 5) is 9.06. The van der Waals surface area contributed by atoms with E-state index in [0.29, 0.717) is 6.29 Å². The summed E-state index contributed by atoms with van der Waals surface area (Å²) in [5, 5.41) is 0. The lowest BCUT2D eigenvalue weighted by atomic mass is 10.5. The highest BCUT2D eigenvalue weighted by atomic mass is 16.1. The van der Waals surface area contributed by atoms with Crippen LogP contribution in [-0.2, 0) is 4.79 Å². The second kappa shape index (κ2) is 6.89. The maximum Gasteiger partial charge on any atom is 0.142 e. The minimum Gasteiger partial charge on any atom is -0.299 e. The highest BCUT2D eigenvalue weighted by molar-refractivity contribution is 5.63. The average Bonchev–Trinajstić information content (AvgIpc) is 2.43. The van der Waals surface area contributed by atoms with E-state index in [2.05, 4.69) is 30.9 Å². The molecule has 0 aromatic heterocycles. The lowest BCUT2D eigenvalue weighted by Gasteiger charge is -1.57. The van der Waals surface area contributed by atoms with E-state index in [1.54, 1.807) is 0 Å². The van der Waals surface area contributed by atoms with Crippen LogP contribution in [0.25, 0.3) is 0 Å². The van der Waals surface area contributed by atoms with Gasteiger partial charge in [0.15, 0.2) is 0 Å². The van der Waals surface area contributed by atoms with Crippen molar-refractivity contribution in [1.82, 2.24) is 0 Å². The van der Waals surface area contributed by atoms with E-state index in [0.717, 1.165) is 6.42 Å². The van der Waals surface area contributed by atoms with Gasteiger partial charge in [-0.15, -0.1) is 0 Å². The Balaban J connectivity index is 0.000000148. The molecule has 48 valence electrons. The summed E-state index contributed by atoms with van der Waals surface area (Å²) in [6, 6.07) is 0. The van der Waals surface area contributed by atoms with E-state index in [4.69, 9.17) is 4.79 Å². The molecule has 0 aromatic carbocycles. The van der Waals surface area contributed by atoms with E-state index in [1.807, 2.05) is 0 Å². The van der Waals surface area contributed by atoms with Crippen molar-refractivity contribution in [1.29, 1.82) is 0 Å². The van der Waals surface area contributed by atoms with Crippen molar-refractivity contribution < 1.29 is 4.79 Å². The molecular weight excluding hydrogens is 112 g/mol. The van der Waals surface area contributed by atoms with Crippen LogP contribution in [0.5, 0.6) is 0 Å². The fourth-order valence-corrected chi connectivity index (χ4v) is 0.393. The van der Waals surface area contributed by atoms with Crippen LogP contribution < -0.4 is 0 Å². The zero-order chi connectivity index (χ0) is 6.95. The van der Waals surface area contributed by atoms with Gasteiger partial charge in [-0.2, -0.15) is 0 Å². The summed E-state index contributed by atoms with van der Waals surface area (Å²) in [6.07, 6.45) is 11.3. The van der Waals surface area contributed by atoms with Crippen LogP contribution in [0.4, 0.5) is 0 Å². The van der Waals surface area contributed by atoms with Crippen LogP contribution >= 0.6 is 0 Å². The molecule has 0 atom stereocenters. The lowest BCUT2D eigenvalue weighted by molar-refractivity contribution is -0.104. The molecule has 0 heterocycles. The largest absolute Gasteiger partial charge is 0.299 e. The molecule has 0 N–H and O–H groups in total. The quantitative estimate of drug-likeness (QED) is 0.383. The van der Waals surface area contributed by atoms with Gasteiger partial charge in [0.25, 0.3) is 0 Å². The minimum atomic E-state index is 0.639. The van der Waals surface area contributed by atoms with Crippen molar-refractivity contribution in [3.05, 3.63) is 37.0 Å². The molecule has 0 bridgehead atoms. The number of carbonyl (C=O) groups is 1. The summed E-state index contributed by atoms with van der Waals surface area (Å²) in [5.41, 5.74) is 0. The average molecular weight is 122 g/mol. The molecule has 0 amide bonds. The van der Waals surface area contributed by atoms with Crippen LogP contribution in [0, 0.1) is 0 Å². The van der Waals surface area contributed by atoms with Crippen molar-refractivity contribution in [3.8, 4) is 0 Å². The standard InChI is InChI=1S/C5H6.C3H4O/c1-2-4-5-3-1;1-2-3-4/h1-4H,5H2;2-3H,1H2. The fraction of sp³-hybridized carbons (Fsp3) is 0.125. The van der Waals surface area contributed by atoms with E-state index >= 15 is 0 Å². The topological polar surface area (TPSA) is 17.1 Å². The summed E-state index contributed by atoms with van der Waals surface area (Å²) in [7, 11) is 0. The molecule has 1 aliphatic carbocycles. The van der Waals surface area contributed by atoms with Gasteiger partial charge in [0.1, 0.15) is 6.29 Å². The molecule has 1 nitrogen and oxygen atoms in total. The molecule has 0 aromatic rings. The third-order valence-corrected chi connectivity index (χ3v) is 0.752. The first kappa shape index (κ1) is 7.89. The number of allylic oxidation sites excluding steroid dienone is 5. The van der Waals surface area contributed by atoms with Gasteiger partial charge in [-0.1, -0.05) is 30.9 Å². The lowest BCUT2D eigenvalue weighted by Crippen LogP contribution is -1.44. The molecule has 0 saturated heterocycles. The third kappa shape index (κ3) is 6.89. The van der Waals surface area contributed by atoms with Crippen molar-refractivity contribution >= 4 is 6.29 Å². The third-order valence-electron chi connectivity index (χ3n) is 0.752. The Morgan fingerprint density at radius 1 is 1.33 bits per heavy atom. The first-order valence-electron chi connectivity index (χ1n) is 2.79. The van der Waals surface area contributed by atoms with Crippen molar-refractivity contribution in [2.75, 3.05) is 0 Å². The predicted octanol–water partition coefficient (Wildman–Crippen LogP) is 1.87. The number of hydrogen-bond donors (Lipinski definition) is 0. The maximum atomic E-state index is 9.06. The molecule has 1 heteroatoms. The van der Waals surface area contributed by atoms with Crippen LogP contribution in [-0.4, -0.2) is 6.29 Å². The number of aldehydes is 1. The Morgan fingerprint density at radius 2 is 1.78 bits per heavy atom. The van der Waals surface area contributed by atoms with E-state index in [1.165, 1.54) is 6.08 Å². The van der Waals surface area contributed by atoms with Gasteiger partial charge >= 0.3 is 0 Å². The zero-order valence-electron chi connectivity index (χ0n) is 5.29. The van der Waals surface area contributed by atoms with Gasteiger partial charge in [-0.05, 0) is 12.5 Å². The molecule has 0 fully saturated rings. The highest BCUT2D eigenvalue weighted by Gasteiger charge is 1.72. The maximum absolute atomic E-state index is 9.06. The summed E-state index contributed by atoms with van der Waals surface area (Å²) in [6.45, 7) is 3.11. The predicted molar refractivity (Wildman–Crippen MR) is 39.2 cm³/mol. The molecule has 0 unspecified atom stereocenters. The molecule has 1 rings (SSSR count). The Hall–Kier alpha value is -1.11. The van der Waals surface area contributed by atoms with Gasteiger partial charge in [0, 0.05) is 0 Å². The summed E-state index contributed by atoms with van der Waals surface area (Å²) < 4.78 is 0. The van der Waals surface area contributed by atoms with Crippen LogP contribution in [0.3, 0.4) is 0 Å². The first-order valence-corrected chi connectivity index (χ1v) is 2.79. The first-order chi connectivity index (χ1) is 4.41. The van der Waals surface area contributed by atoms with Crippen LogP contribution in [0.1, 0.15) is 6.42 Å². The number of carbonyl (C=O) groups excluding carboxylic acids is 1. The zero-order valence-corrected chi connectivity index (χ0v) is 5.29. The Bertz CT molecular complexity index is 116. The van der Waals surface area contributed by atoms with E-state index in [-0.39, 0.29) is 0 Å². The molecule has 9 heavy (non-hydrogen) atoms. The van der Waals surface area contributed by atoms with E-state index < -0.39 is 0 Å². The fourth-order valence-electron chi connectivity index (χ4n) is 0.393. The van der Waals surface area contributed by atoms with Crippen molar-refractivity contribution in [3.63, 3.8) is 0 Å². The van der Waals surface area contributed by atoms with Crippen molar-refractivity contribution in [2.45, 2.75) is 6.42 Å². The van der Waals surface area contributed by atoms with E-state index in [9.17, 15) is 0 Å². The molecule has 1 aliphatic rings. The normalized spacial score (nSPS) is 12.0. The van der Waals surface area contributed by atoms with Gasteiger partial charge in [0.2, 0.25) is 0 Å². The molecule has 0 aliphatic heterocycles. The Kier molecular flexibility index (Phi) is 6.04. The SMILES string of the molecule is C1=CCC=C1.C=CC=O. The van der Waals surface area contributed by atoms with Gasteiger partial charge in [0.05, 0.1) is 0 Å². The monoisotopic (exact) mass is 122 g/mol. The second-order valence-corrected chi connectivity index (χ2v) is 1.46. The number of rotatable bonds is 1. The Morgan fingerprint density at radius 3 is 1.89 bits per heavy atom. The van der Waals surface area contributed by atoms with Crippen molar-refractivity contribution in [2.24, 2.45) is 0 Å². The van der Waals surface area contributed by atoms with Crippen LogP contribution in [0.15, 0.2) is 37.0 Å². The summed E-state index contributed by atoms with van der Waals surface area (Å²) >= 11 is 0. The molecule has 0 saturated carbocycles. The van der Waals surface area contributed by atoms with Crippen LogP contribution in [0.2, 0.25) is 0 Å². The molecule has 0 radical (unpaired) electrons.